The van der Waals surface area contributed by atoms with Crippen molar-refractivity contribution in [3.63, 3.8) is 0 Å². The molecule has 0 radical (unpaired) electrons. The molecule has 3 nitrogen and oxygen atoms in total. The van der Waals surface area contributed by atoms with Gasteiger partial charge in [-0.15, -0.1) is 0 Å². The van der Waals surface area contributed by atoms with Crippen molar-refractivity contribution < 1.29 is 4.79 Å². The fourth-order valence-corrected chi connectivity index (χ4v) is 2.56. The van der Waals surface area contributed by atoms with Gasteiger partial charge in [0.05, 0.1) is 6.42 Å². The van der Waals surface area contributed by atoms with E-state index in [2.05, 4.69) is 5.32 Å². The van der Waals surface area contributed by atoms with Gasteiger partial charge in [-0.2, -0.15) is 0 Å². The summed E-state index contributed by atoms with van der Waals surface area (Å²) in [7, 11) is 1.98. The Morgan fingerprint density at radius 1 is 1.44 bits per heavy atom. The Kier molecular flexibility index (Phi) is 4.61. The number of amides is 1. The summed E-state index contributed by atoms with van der Waals surface area (Å²) in [6, 6.07) is 8.08. The molecule has 1 aromatic rings. The fourth-order valence-electron chi connectivity index (χ4n) is 2.35. The number of piperidine rings is 1. The first-order chi connectivity index (χ1) is 8.69. The largest absolute Gasteiger partial charge is 0.342 e. The molecule has 1 saturated heterocycles. The first kappa shape index (κ1) is 13.4. The van der Waals surface area contributed by atoms with Crippen LogP contribution in [0.15, 0.2) is 24.3 Å². The van der Waals surface area contributed by atoms with E-state index >= 15 is 0 Å². The minimum atomic E-state index is 0.201. The zero-order valence-electron chi connectivity index (χ0n) is 10.7. The lowest BCUT2D eigenvalue weighted by Gasteiger charge is -2.31. The lowest BCUT2D eigenvalue weighted by atomic mass is 10.0. The number of halogens is 1. The predicted octanol–water partition coefficient (Wildman–Crippen LogP) is 2.09. The molecule has 4 heteroatoms. The predicted molar refractivity (Wildman–Crippen MR) is 73.8 cm³/mol. The van der Waals surface area contributed by atoms with E-state index in [4.69, 9.17) is 11.6 Å². The van der Waals surface area contributed by atoms with Crippen LogP contribution >= 0.6 is 11.6 Å². The molecule has 2 rings (SSSR count). The van der Waals surface area contributed by atoms with E-state index in [0.29, 0.717) is 17.5 Å². The summed E-state index contributed by atoms with van der Waals surface area (Å²) < 4.78 is 0. The van der Waals surface area contributed by atoms with Crippen molar-refractivity contribution in [1.82, 2.24) is 10.2 Å². The Bertz CT molecular complexity index is 414. The highest BCUT2D eigenvalue weighted by Gasteiger charge is 2.21. The minimum absolute atomic E-state index is 0.201. The second-order valence-electron chi connectivity index (χ2n) is 4.75. The van der Waals surface area contributed by atoms with E-state index in [1.807, 2.05) is 36.2 Å². The number of benzene rings is 1. The molecule has 1 fully saturated rings. The molecular weight excluding hydrogens is 248 g/mol. The number of nitrogens with one attached hydrogen (secondary N) is 1. The van der Waals surface area contributed by atoms with Crippen LogP contribution in [0.25, 0.3) is 0 Å². The SMILES string of the molecule is CNC1CCN(C(=O)Cc2cccc(Cl)c2)CC1. The van der Waals surface area contributed by atoms with Gasteiger partial charge in [-0.3, -0.25) is 4.79 Å². The zero-order valence-corrected chi connectivity index (χ0v) is 11.4. The van der Waals surface area contributed by atoms with Crippen LogP contribution in [0.1, 0.15) is 18.4 Å². The van der Waals surface area contributed by atoms with Gasteiger partial charge in [0.25, 0.3) is 0 Å². The van der Waals surface area contributed by atoms with Crippen LogP contribution in [0.5, 0.6) is 0 Å². The topological polar surface area (TPSA) is 32.3 Å². The molecule has 0 aliphatic carbocycles. The number of carbonyl (C=O) groups excluding carboxylic acids is 1. The van der Waals surface area contributed by atoms with Gasteiger partial charge >= 0.3 is 0 Å². The third kappa shape index (κ3) is 3.47. The first-order valence-corrected chi connectivity index (χ1v) is 6.76. The second-order valence-corrected chi connectivity index (χ2v) is 5.19. The minimum Gasteiger partial charge on any atom is -0.342 e. The highest BCUT2D eigenvalue weighted by Crippen LogP contribution is 2.14. The molecule has 1 heterocycles. The lowest BCUT2D eigenvalue weighted by Crippen LogP contribution is -2.44. The van der Waals surface area contributed by atoms with Gasteiger partial charge in [-0.25, -0.2) is 0 Å². The Balaban J connectivity index is 1.89. The summed E-state index contributed by atoms with van der Waals surface area (Å²) in [6.45, 7) is 1.70. The normalized spacial score (nSPS) is 16.9. The Labute approximate surface area is 113 Å². The maximum Gasteiger partial charge on any atom is 0.226 e. The molecule has 1 amide bonds. The molecule has 0 saturated carbocycles. The Morgan fingerprint density at radius 2 is 2.17 bits per heavy atom. The van der Waals surface area contributed by atoms with Crippen molar-refractivity contribution in [2.24, 2.45) is 0 Å². The Morgan fingerprint density at radius 3 is 2.78 bits per heavy atom. The molecule has 1 aliphatic heterocycles. The molecule has 0 bridgehead atoms. The average Bonchev–Trinajstić information content (AvgIpc) is 2.39. The summed E-state index contributed by atoms with van der Waals surface area (Å²) in [5.41, 5.74) is 0.989. The van der Waals surface area contributed by atoms with Gasteiger partial charge in [0.15, 0.2) is 0 Å². The molecule has 18 heavy (non-hydrogen) atoms. The molecule has 0 unspecified atom stereocenters. The van der Waals surface area contributed by atoms with E-state index in [9.17, 15) is 4.79 Å². The maximum atomic E-state index is 12.1. The van der Waals surface area contributed by atoms with Crippen LogP contribution in [0.4, 0.5) is 0 Å². The average molecular weight is 267 g/mol. The summed E-state index contributed by atoms with van der Waals surface area (Å²) >= 11 is 5.92. The van der Waals surface area contributed by atoms with E-state index in [1.165, 1.54) is 0 Å². The van der Waals surface area contributed by atoms with Crippen LogP contribution in [0, 0.1) is 0 Å². The van der Waals surface area contributed by atoms with Crippen LogP contribution in [-0.4, -0.2) is 37.0 Å². The number of rotatable bonds is 3. The fraction of sp³-hybridized carbons (Fsp3) is 0.500. The van der Waals surface area contributed by atoms with E-state index in [-0.39, 0.29) is 5.91 Å². The molecule has 98 valence electrons. The van der Waals surface area contributed by atoms with Crippen molar-refractivity contribution in [3.8, 4) is 0 Å². The number of nitrogens with zero attached hydrogens (tertiary/aromatic N) is 1. The number of hydrogen-bond acceptors (Lipinski definition) is 2. The molecule has 0 atom stereocenters. The van der Waals surface area contributed by atoms with E-state index < -0.39 is 0 Å². The highest BCUT2D eigenvalue weighted by atomic mass is 35.5. The standard InChI is InChI=1S/C14H19ClN2O/c1-16-13-5-7-17(8-6-13)14(18)10-11-3-2-4-12(15)9-11/h2-4,9,13,16H,5-8,10H2,1H3. The van der Waals surface area contributed by atoms with E-state index in [0.717, 1.165) is 31.5 Å². The molecule has 1 aliphatic rings. The quantitative estimate of drug-likeness (QED) is 0.909. The van der Waals surface area contributed by atoms with Gasteiger partial charge in [0.1, 0.15) is 0 Å². The number of likely N-dealkylation sites (tertiary alicyclic amines) is 1. The van der Waals surface area contributed by atoms with Crippen molar-refractivity contribution >= 4 is 17.5 Å². The van der Waals surface area contributed by atoms with Crippen molar-refractivity contribution in [2.75, 3.05) is 20.1 Å². The molecule has 0 spiro atoms. The molecule has 1 aromatic carbocycles. The van der Waals surface area contributed by atoms with Gasteiger partial charge in [0, 0.05) is 24.2 Å². The van der Waals surface area contributed by atoms with Gasteiger partial charge < -0.3 is 10.2 Å². The maximum absolute atomic E-state index is 12.1. The number of hydrogen-bond donors (Lipinski definition) is 1. The van der Waals surface area contributed by atoms with Crippen molar-refractivity contribution in [3.05, 3.63) is 34.9 Å². The van der Waals surface area contributed by atoms with Crippen molar-refractivity contribution in [2.45, 2.75) is 25.3 Å². The molecule has 1 N–H and O–H groups in total. The molecule has 0 aromatic heterocycles. The summed E-state index contributed by atoms with van der Waals surface area (Å²) in [6.07, 6.45) is 2.53. The highest BCUT2D eigenvalue weighted by molar-refractivity contribution is 6.30. The monoisotopic (exact) mass is 266 g/mol. The lowest BCUT2D eigenvalue weighted by molar-refractivity contribution is -0.131. The van der Waals surface area contributed by atoms with Gasteiger partial charge in [-0.1, -0.05) is 23.7 Å². The Hall–Kier alpha value is -1.06. The van der Waals surface area contributed by atoms with E-state index in [1.54, 1.807) is 0 Å². The smallest absolute Gasteiger partial charge is 0.226 e. The summed E-state index contributed by atoms with van der Waals surface area (Å²) in [5, 5.41) is 3.95. The second kappa shape index (κ2) is 6.21. The third-order valence-corrected chi connectivity index (χ3v) is 3.74. The van der Waals surface area contributed by atoms with Crippen LogP contribution in [0.3, 0.4) is 0 Å². The third-order valence-electron chi connectivity index (χ3n) is 3.50. The van der Waals surface area contributed by atoms with Gasteiger partial charge in [-0.05, 0) is 37.6 Å². The van der Waals surface area contributed by atoms with Crippen molar-refractivity contribution in [1.29, 1.82) is 0 Å². The first-order valence-electron chi connectivity index (χ1n) is 6.38. The van der Waals surface area contributed by atoms with Gasteiger partial charge in [0.2, 0.25) is 5.91 Å². The van der Waals surface area contributed by atoms with Crippen LogP contribution in [-0.2, 0) is 11.2 Å². The summed E-state index contributed by atoms with van der Waals surface area (Å²) in [4.78, 5) is 14.1. The summed E-state index contributed by atoms with van der Waals surface area (Å²) in [5.74, 6) is 0.201. The number of carbonyl (C=O) groups is 1. The zero-order chi connectivity index (χ0) is 13.0. The van der Waals surface area contributed by atoms with Crippen LogP contribution in [0.2, 0.25) is 5.02 Å². The molecular formula is C14H19ClN2O. The van der Waals surface area contributed by atoms with Crippen LogP contribution < -0.4 is 5.32 Å².